The number of hydrogen-bond donors (Lipinski definition) is 2. The zero-order chi connectivity index (χ0) is 25.3. The van der Waals surface area contributed by atoms with E-state index >= 15 is 0 Å². The summed E-state index contributed by atoms with van der Waals surface area (Å²) in [7, 11) is 1.52. The molecule has 186 valence electrons. The van der Waals surface area contributed by atoms with Crippen LogP contribution in [-0.4, -0.2) is 54.9 Å². The van der Waals surface area contributed by atoms with Crippen molar-refractivity contribution in [1.82, 2.24) is 15.3 Å². The standard InChI is InChI=1S/C22H27F3N4O5/c1-13-10-16(11-18(26-13)28-15(3)30)14(2)27-20(31)17-6-7-19(34-12-22(23,24)25)29-21(17)33-9-5-8-32-4/h6-7,10-11,14H,5,8-9,12H2,1-4H3,(H,27,31)(H,26,28,30). The largest absolute Gasteiger partial charge is 0.477 e. The van der Waals surface area contributed by atoms with E-state index < -0.39 is 24.7 Å². The molecule has 1 atom stereocenters. The second kappa shape index (κ2) is 12.2. The molecule has 2 rings (SSSR count). The smallest absolute Gasteiger partial charge is 0.422 e. The number of hydrogen-bond acceptors (Lipinski definition) is 7. The van der Waals surface area contributed by atoms with Crippen LogP contribution in [0.5, 0.6) is 11.8 Å². The van der Waals surface area contributed by atoms with Gasteiger partial charge in [-0.15, -0.1) is 0 Å². The number of anilines is 1. The van der Waals surface area contributed by atoms with Gasteiger partial charge in [-0.25, -0.2) is 4.98 Å². The third-order valence-electron chi connectivity index (χ3n) is 4.32. The van der Waals surface area contributed by atoms with Gasteiger partial charge in [0.1, 0.15) is 11.4 Å². The van der Waals surface area contributed by atoms with E-state index in [0.717, 1.165) is 0 Å². The van der Waals surface area contributed by atoms with Gasteiger partial charge in [0.2, 0.25) is 17.7 Å². The van der Waals surface area contributed by atoms with E-state index in [1.807, 2.05) is 0 Å². The van der Waals surface area contributed by atoms with Crippen LogP contribution < -0.4 is 20.1 Å². The molecule has 0 aliphatic rings. The maximum absolute atomic E-state index is 13.0. The number of nitrogens with zero attached hydrogens (tertiary/aromatic N) is 2. The van der Waals surface area contributed by atoms with Crippen molar-refractivity contribution in [3.63, 3.8) is 0 Å². The molecule has 0 radical (unpaired) electrons. The Morgan fingerprint density at radius 3 is 2.50 bits per heavy atom. The van der Waals surface area contributed by atoms with Crippen molar-refractivity contribution in [3.05, 3.63) is 41.1 Å². The minimum absolute atomic E-state index is 0.0245. The quantitative estimate of drug-likeness (QED) is 0.469. The van der Waals surface area contributed by atoms with Crippen LogP contribution >= 0.6 is 0 Å². The third-order valence-corrected chi connectivity index (χ3v) is 4.32. The van der Waals surface area contributed by atoms with Gasteiger partial charge in [-0.05, 0) is 37.6 Å². The zero-order valence-electron chi connectivity index (χ0n) is 19.3. The van der Waals surface area contributed by atoms with Crippen molar-refractivity contribution in [2.24, 2.45) is 0 Å². The van der Waals surface area contributed by atoms with E-state index in [1.165, 1.54) is 26.2 Å². The summed E-state index contributed by atoms with van der Waals surface area (Å²) in [5.41, 5.74) is 1.35. The van der Waals surface area contributed by atoms with Crippen molar-refractivity contribution in [3.8, 4) is 11.8 Å². The average molecular weight is 484 g/mol. The van der Waals surface area contributed by atoms with Gasteiger partial charge in [-0.1, -0.05) is 0 Å². The number of aryl methyl sites for hydroxylation is 1. The summed E-state index contributed by atoms with van der Waals surface area (Å²) in [6.45, 7) is 3.84. The molecule has 0 saturated carbocycles. The topological polar surface area (TPSA) is 112 Å². The van der Waals surface area contributed by atoms with Crippen molar-refractivity contribution in [2.75, 3.05) is 32.2 Å². The first-order valence-corrected chi connectivity index (χ1v) is 10.4. The normalized spacial score (nSPS) is 12.1. The van der Waals surface area contributed by atoms with Crippen molar-refractivity contribution < 1.29 is 37.0 Å². The molecule has 2 N–H and O–H groups in total. The zero-order valence-corrected chi connectivity index (χ0v) is 19.3. The Kier molecular flexibility index (Phi) is 9.60. The predicted molar refractivity (Wildman–Crippen MR) is 117 cm³/mol. The highest BCUT2D eigenvalue weighted by molar-refractivity contribution is 5.96. The van der Waals surface area contributed by atoms with Crippen molar-refractivity contribution in [2.45, 2.75) is 39.4 Å². The highest BCUT2D eigenvalue weighted by Crippen LogP contribution is 2.24. The molecule has 9 nitrogen and oxygen atoms in total. The summed E-state index contributed by atoms with van der Waals surface area (Å²) in [5.74, 6) is -0.980. The lowest BCUT2D eigenvalue weighted by atomic mass is 10.1. The SMILES string of the molecule is COCCCOc1nc(OCC(F)(F)F)ccc1C(=O)NC(C)c1cc(C)nc(NC(C)=O)c1. The van der Waals surface area contributed by atoms with Crippen LogP contribution in [0.25, 0.3) is 0 Å². The highest BCUT2D eigenvalue weighted by Gasteiger charge is 2.29. The molecule has 0 aliphatic carbocycles. The van der Waals surface area contributed by atoms with E-state index in [1.54, 1.807) is 26.0 Å². The van der Waals surface area contributed by atoms with Crippen LogP contribution in [0.15, 0.2) is 24.3 Å². The Bertz CT molecular complexity index is 1000. The molecule has 0 aromatic carbocycles. The fraction of sp³-hybridized carbons (Fsp3) is 0.455. The molecule has 0 fully saturated rings. The monoisotopic (exact) mass is 484 g/mol. The number of aromatic nitrogens is 2. The third kappa shape index (κ3) is 8.85. The molecule has 34 heavy (non-hydrogen) atoms. The highest BCUT2D eigenvalue weighted by atomic mass is 19.4. The molecule has 2 aromatic heterocycles. The number of amides is 2. The molecule has 1 unspecified atom stereocenters. The van der Waals surface area contributed by atoms with Gasteiger partial charge in [0.25, 0.3) is 5.91 Å². The molecule has 0 saturated heterocycles. The maximum Gasteiger partial charge on any atom is 0.422 e. The summed E-state index contributed by atoms with van der Waals surface area (Å²) in [6, 6.07) is 5.34. The second-order valence-corrected chi connectivity index (χ2v) is 7.40. The molecule has 2 heterocycles. The Balaban J connectivity index is 2.21. The number of nitrogens with one attached hydrogen (secondary N) is 2. The fourth-order valence-corrected chi connectivity index (χ4v) is 2.86. The molecule has 12 heteroatoms. The number of halogens is 3. The number of rotatable bonds is 11. The van der Waals surface area contributed by atoms with Crippen LogP contribution in [0.4, 0.5) is 19.0 Å². The minimum atomic E-state index is -4.54. The predicted octanol–water partition coefficient (Wildman–Crippen LogP) is 3.59. The Hall–Kier alpha value is -3.41. The molecular formula is C22H27F3N4O5. The van der Waals surface area contributed by atoms with Crippen LogP contribution in [0.2, 0.25) is 0 Å². The summed E-state index contributed by atoms with van der Waals surface area (Å²) in [5, 5.41) is 5.39. The number of ether oxygens (including phenoxy) is 3. The Labute approximate surface area is 195 Å². The van der Waals surface area contributed by atoms with E-state index in [4.69, 9.17) is 9.47 Å². The minimum Gasteiger partial charge on any atom is -0.477 e. The fourth-order valence-electron chi connectivity index (χ4n) is 2.86. The number of pyridine rings is 2. The van der Waals surface area contributed by atoms with Gasteiger partial charge in [0, 0.05) is 38.8 Å². The van der Waals surface area contributed by atoms with E-state index in [-0.39, 0.29) is 29.8 Å². The number of carbonyl (C=O) groups excluding carboxylic acids is 2. The van der Waals surface area contributed by atoms with E-state index in [9.17, 15) is 22.8 Å². The molecule has 0 spiro atoms. The molecule has 2 amide bonds. The van der Waals surface area contributed by atoms with Gasteiger partial charge < -0.3 is 24.8 Å². The van der Waals surface area contributed by atoms with Crippen LogP contribution in [-0.2, 0) is 9.53 Å². The maximum atomic E-state index is 13.0. The van der Waals surface area contributed by atoms with Gasteiger partial charge in [0.15, 0.2) is 6.61 Å². The lowest BCUT2D eigenvalue weighted by molar-refractivity contribution is -0.154. The van der Waals surface area contributed by atoms with Crippen LogP contribution in [0.1, 0.15) is 47.9 Å². The lowest BCUT2D eigenvalue weighted by Gasteiger charge is -2.18. The second-order valence-electron chi connectivity index (χ2n) is 7.40. The summed E-state index contributed by atoms with van der Waals surface area (Å²) >= 11 is 0. The summed E-state index contributed by atoms with van der Waals surface area (Å²) in [6.07, 6.45) is -4.06. The molecule has 0 aliphatic heterocycles. The van der Waals surface area contributed by atoms with Crippen LogP contribution in [0, 0.1) is 6.92 Å². The average Bonchev–Trinajstić information content (AvgIpc) is 2.74. The number of alkyl halides is 3. The molecule has 0 bridgehead atoms. The van der Waals surface area contributed by atoms with Gasteiger partial charge >= 0.3 is 6.18 Å². The molecule has 2 aromatic rings. The first kappa shape index (κ1) is 26.8. The number of carbonyl (C=O) groups is 2. The summed E-state index contributed by atoms with van der Waals surface area (Å²) < 4.78 is 52.6. The summed E-state index contributed by atoms with van der Waals surface area (Å²) in [4.78, 5) is 32.4. The number of methoxy groups -OCH3 is 1. The Morgan fingerprint density at radius 1 is 1.12 bits per heavy atom. The van der Waals surface area contributed by atoms with Crippen molar-refractivity contribution in [1.29, 1.82) is 0 Å². The first-order valence-electron chi connectivity index (χ1n) is 10.4. The lowest BCUT2D eigenvalue weighted by Crippen LogP contribution is -2.28. The van der Waals surface area contributed by atoms with Gasteiger partial charge in [-0.3, -0.25) is 9.59 Å². The van der Waals surface area contributed by atoms with Crippen molar-refractivity contribution >= 4 is 17.6 Å². The molecular weight excluding hydrogens is 457 g/mol. The Morgan fingerprint density at radius 2 is 1.85 bits per heavy atom. The van der Waals surface area contributed by atoms with E-state index in [0.29, 0.717) is 30.1 Å². The first-order chi connectivity index (χ1) is 16.0. The van der Waals surface area contributed by atoms with Gasteiger partial charge in [0.05, 0.1) is 12.6 Å². The van der Waals surface area contributed by atoms with Gasteiger partial charge in [-0.2, -0.15) is 18.2 Å². The van der Waals surface area contributed by atoms with Crippen LogP contribution in [0.3, 0.4) is 0 Å². The van der Waals surface area contributed by atoms with E-state index in [2.05, 4.69) is 25.3 Å².